The van der Waals surface area contributed by atoms with Crippen LogP contribution in [0.4, 0.5) is 0 Å². The van der Waals surface area contributed by atoms with Crippen LogP contribution in [0, 0.1) is 0 Å². The molecular weight excluding hydrogens is 192 g/mol. The maximum atomic E-state index is 10.1. The van der Waals surface area contributed by atoms with Crippen molar-refractivity contribution in [2.75, 3.05) is 6.61 Å². The molecule has 0 radical (unpaired) electrons. The van der Waals surface area contributed by atoms with Crippen molar-refractivity contribution in [3.8, 4) is 0 Å². The van der Waals surface area contributed by atoms with Crippen LogP contribution in [-0.4, -0.2) is 33.1 Å². The molecule has 0 heterocycles. The smallest absolute Gasteiger partial charge is 0.103 e. The molecule has 0 bridgehead atoms. The van der Waals surface area contributed by atoms with Crippen LogP contribution in [0.15, 0.2) is 24.3 Å². The van der Waals surface area contributed by atoms with Crippen molar-refractivity contribution in [3.63, 3.8) is 0 Å². The van der Waals surface area contributed by atoms with Gasteiger partial charge in [0.25, 0.3) is 0 Å². The highest BCUT2D eigenvalue weighted by molar-refractivity contribution is 5.28. The second-order valence-electron chi connectivity index (χ2n) is 4.23. The predicted octanol–water partition coefficient (Wildman–Crippen LogP) is 1.15. The van der Waals surface area contributed by atoms with Gasteiger partial charge in [0.2, 0.25) is 0 Å². The van der Waals surface area contributed by atoms with E-state index in [9.17, 15) is 10.2 Å². The summed E-state index contributed by atoms with van der Waals surface area (Å²) in [5.74, 6) is 0. The van der Waals surface area contributed by atoms with Gasteiger partial charge < -0.3 is 15.3 Å². The van der Waals surface area contributed by atoms with E-state index in [1.54, 1.807) is 24.3 Å². The third kappa shape index (κ3) is 3.45. The molecule has 86 valence electrons. The Morgan fingerprint density at radius 3 is 1.80 bits per heavy atom. The highest BCUT2D eigenvalue weighted by Crippen LogP contribution is 2.27. The Bertz CT molecular complexity index is 242. The van der Waals surface area contributed by atoms with Gasteiger partial charge in [-0.2, -0.15) is 0 Å². The molecule has 1 rings (SSSR count). The molecule has 3 N–H and O–H groups in total. The second-order valence-corrected chi connectivity index (χ2v) is 4.23. The lowest BCUT2D eigenvalue weighted by Gasteiger charge is -2.30. The summed E-state index contributed by atoms with van der Waals surface area (Å²) in [7, 11) is 0. The Kier molecular flexibility index (Phi) is 4.08. The molecule has 3 heteroatoms. The Morgan fingerprint density at radius 1 is 0.933 bits per heavy atom. The summed E-state index contributed by atoms with van der Waals surface area (Å²) in [6.45, 7) is 2.00. The molecule has 0 aromatic rings. The fourth-order valence-electron chi connectivity index (χ4n) is 1.66. The van der Waals surface area contributed by atoms with E-state index in [1.165, 1.54) is 0 Å². The average Bonchev–Trinajstić information content (AvgIpc) is 2.21. The van der Waals surface area contributed by atoms with E-state index < -0.39 is 11.2 Å². The Labute approximate surface area is 90.8 Å². The molecule has 15 heavy (non-hydrogen) atoms. The van der Waals surface area contributed by atoms with Gasteiger partial charge in [-0.3, -0.25) is 0 Å². The number of rotatable bonds is 5. The standard InChI is InChI=1S/C12H20O3/c1-2-3-4-11(14)5-7-12(15,8-6-11)9-10-13/h5-8,13-15H,2-4,9-10H2,1H3. The maximum absolute atomic E-state index is 10.1. The molecule has 0 spiro atoms. The van der Waals surface area contributed by atoms with Crippen molar-refractivity contribution in [1.29, 1.82) is 0 Å². The third-order valence-electron chi connectivity index (χ3n) is 2.76. The van der Waals surface area contributed by atoms with E-state index in [2.05, 4.69) is 6.92 Å². The van der Waals surface area contributed by atoms with E-state index in [0.717, 1.165) is 12.8 Å². The zero-order valence-electron chi connectivity index (χ0n) is 9.19. The lowest BCUT2D eigenvalue weighted by Crippen LogP contribution is -2.33. The quantitative estimate of drug-likeness (QED) is 0.599. The minimum absolute atomic E-state index is 0.0709. The fourth-order valence-corrected chi connectivity index (χ4v) is 1.66. The summed E-state index contributed by atoms with van der Waals surface area (Å²) in [6.07, 6.45) is 9.30. The molecule has 0 atom stereocenters. The number of aliphatic hydroxyl groups excluding tert-OH is 1. The number of hydrogen-bond acceptors (Lipinski definition) is 3. The SMILES string of the molecule is CCCCC1(O)C=CC(O)(CCO)C=C1. The van der Waals surface area contributed by atoms with Gasteiger partial charge in [-0.05, 0) is 6.42 Å². The first-order valence-electron chi connectivity index (χ1n) is 5.50. The van der Waals surface area contributed by atoms with Crippen molar-refractivity contribution in [1.82, 2.24) is 0 Å². The summed E-state index contributed by atoms with van der Waals surface area (Å²) in [5, 5.41) is 28.7. The zero-order chi connectivity index (χ0) is 11.4. The number of hydrogen-bond donors (Lipinski definition) is 3. The van der Waals surface area contributed by atoms with E-state index in [0.29, 0.717) is 6.42 Å². The van der Waals surface area contributed by atoms with Gasteiger partial charge in [0.15, 0.2) is 0 Å². The molecule has 1 aliphatic carbocycles. The highest BCUT2D eigenvalue weighted by Gasteiger charge is 2.29. The zero-order valence-corrected chi connectivity index (χ0v) is 9.19. The fraction of sp³-hybridized carbons (Fsp3) is 0.667. The Hall–Kier alpha value is -0.640. The largest absolute Gasteiger partial charge is 0.396 e. The monoisotopic (exact) mass is 212 g/mol. The molecule has 0 unspecified atom stereocenters. The van der Waals surface area contributed by atoms with Crippen LogP contribution in [0.5, 0.6) is 0 Å². The molecule has 0 saturated carbocycles. The number of unbranched alkanes of at least 4 members (excludes halogenated alkanes) is 1. The first-order valence-corrected chi connectivity index (χ1v) is 5.50. The van der Waals surface area contributed by atoms with E-state index in [1.807, 2.05) is 0 Å². The molecular formula is C12H20O3. The van der Waals surface area contributed by atoms with Crippen LogP contribution in [0.1, 0.15) is 32.6 Å². The topological polar surface area (TPSA) is 60.7 Å². The van der Waals surface area contributed by atoms with Gasteiger partial charge in [0, 0.05) is 13.0 Å². The first-order chi connectivity index (χ1) is 7.04. The van der Waals surface area contributed by atoms with Crippen LogP contribution in [-0.2, 0) is 0 Å². The lowest BCUT2D eigenvalue weighted by atomic mass is 9.85. The molecule has 0 aromatic carbocycles. The molecule has 0 aromatic heterocycles. The summed E-state index contributed by atoms with van der Waals surface area (Å²) in [5.41, 5.74) is -2.01. The number of aliphatic hydroxyl groups is 3. The third-order valence-corrected chi connectivity index (χ3v) is 2.76. The van der Waals surface area contributed by atoms with Crippen LogP contribution >= 0.6 is 0 Å². The summed E-state index contributed by atoms with van der Waals surface area (Å²) >= 11 is 0. The van der Waals surface area contributed by atoms with Crippen molar-refractivity contribution in [2.24, 2.45) is 0 Å². The Morgan fingerprint density at radius 2 is 1.40 bits per heavy atom. The average molecular weight is 212 g/mol. The highest BCUT2D eigenvalue weighted by atomic mass is 16.3. The van der Waals surface area contributed by atoms with E-state index in [4.69, 9.17) is 5.11 Å². The van der Waals surface area contributed by atoms with Gasteiger partial charge in [0.1, 0.15) is 11.2 Å². The molecule has 0 saturated heterocycles. The van der Waals surface area contributed by atoms with Gasteiger partial charge in [0.05, 0.1) is 0 Å². The summed E-state index contributed by atoms with van der Waals surface area (Å²) < 4.78 is 0. The van der Waals surface area contributed by atoms with Crippen LogP contribution in [0.2, 0.25) is 0 Å². The van der Waals surface area contributed by atoms with E-state index in [-0.39, 0.29) is 13.0 Å². The molecule has 0 aliphatic heterocycles. The van der Waals surface area contributed by atoms with Gasteiger partial charge in [-0.25, -0.2) is 0 Å². The lowest BCUT2D eigenvalue weighted by molar-refractivity contribution is 0.0822. The predicted molar refractivity (Wildman–Crippen MR) is 59.4 cm³/mol. The molecule has 1 aliphatic rings. The summed E-state index contributed by atoms with van der Waals surface area (Å²) in [6, 6.07) is 0. The van der Waals surface area contributed by atoms with Gasteiger partial charge >= 0.3 is 0 Å². The maximum Gasteiger partial charge on any atom is 0.103 e. The minimum atomic E-state index is -1.09. The molecule has 0 fully saturated rings. The van der Waals surface area contributed by atoms with Gasteiger partial charge in [-0.15, -0.1) is 0 Å². The van der Waals surface area contributed by atoms with E-state index >= 15 is 0 Å². The second kappa shape index (κ2) is 4.92. The normalized spacial score (nSPS) is 34.7. The van der Waals surface area contributed by atoms with Crippen LogP contribution in [0.25, 0.3) is 0 Å². The van der Waals surface area contributed by atoms with Crippen molar-refractivity contribution < 1.29 is 15.3 Å². The van der Waals surface area contributed by atoms with Gasteiger partial charge in [-0.1, -0.05) is 44.1 Å². The van der Waals surface area contributed by atoms with Crippen LogP contribution < -0.4 is 0 Å². The molecule has 0 amide bonds. The van der Waals surface area contributed by atoms with Crippen molar-refractivity contribution in [2.45, 2.75) is 43.8 Å². The minimum Gasteiger partial charge on any atom is -0.396 e. The summed E-state index contributed by atoms with van der Waals surface area (Å²) in [4.78, 5) is 0. The molecule has 3 nitrogen and oxygen atoms in total. The van der Waals surface area contributed by atoms with Crippen molar-refractivity contribution in [3.05, 3.63) is 24.3 Å². The Balaban J connectivity index is 2.61. The van der Waals surface area contributed by atoms with Crippen molar-refractivity contribution >= 4 is 0 Å². The first kappa shape index (κ1) is 12.4. The van der Waals surface area contributed by atoms with Crippen LogP contribution in [0.3, 0.4) is 0 Å².